The lowest BCUT2D eigenvalue weighted by atomic mass is 10.0. The van der Waals surface area contributed by atoms with Gasteiger partial charge in [0.2, 0.25) is 0 Å². The minimum Gasteiger partial charge on any atom is -0.322 e. The second-order valence-corrected chi connectivity index (χ2v) is 9.60. The van der Waals surface area contributed by atoms with Gasteiger partial charge in [-0.2, -0.15) is 0 Å². The first-order valence-corrected chi connectivity index (χ1v) is 11.5. The van der Waals surface area contributed by atoms with Gasteiger partial charge in [0.25, 0.3) is 15.9 Å². The molecule has 0 unspecified atom stereocenters. The third kappa shape index (κ3) is 4.06. The molecular formula is C23H21ClN2O3S. The van der Waals surface area contributed by atoms with Gasteiger partial charge in [-0.15, -0.1) is 0 Å². The second-order valence-electron chi connectivity index (χ2n) is 7.30. The summed E-state index contributed by atoms with van der Waals surface area (Å²) in [6, 6.07) is 18.8. The fourth-order valence-electron chi connectivity index (χ4n) is 3.51. The molecule has 1 heterocycles. The van der Waals surface area contributed by atoms with E-state index in [1.165, 1.54) is 4.31 Å². The van der Waals surface area contributed by atoms with Gasteiger partial charge in [0.1, 0.15) is 0 Å². The Morgan fingerprint density at radius 1 is 1.00 bits per heavy atom. The summed E-state index contributed by atoms with van der Waals surface area (Å²) in [6.45, 7) is 2.32. The van der Waals surface area contributed by atoms with Gasteiger partial charge in [-0.3, -0.25) is 9.10 Å². The largest absolute Gasteiger partial charge is 0.322 e. The van der Waals surface area contributed by atoms with Crippen molar-refractivity contribution in [3.8, 4) is 0 Å². The standard InChI is InChI=1S/C23H21ClN2O3S/c1-16-4-12-21(13-5-16)30(28,29)26-14-2-3-17-8-11-20(15-22(17)26)25-23(27)18-6-9-19(24)10-7-18/h4-13,15H,2-3,14H2,1H3,(H,25,27). The minimum atomic E-state index is -3.69. The number of anilines is 2. The summed E-state index contributed by atoms with van der Waals surface area (Å²) in [5.41, 5.74) is 3.57. The molecule has 1 amide bonds. The molecule has 1 aliphatic heterocycles. The van der Waals surface area contributed by atoms with Crippen LogP contribution in [0.4, 0.5) is 11.4 Å². The quantitative estimate of drug-likeness (QED) is 0.617. The fourth-order valence-corrected chi connectivity index (χ4v) is 5.17. The van der Waals surface area contributed by atoms with E-state index < -0.39 is 10.0 Å². The number of halogens is 1. The van der Waals surface area contributed by atoms with Crippen molar-refractivity contribution in [2.75, 3.05) is 16.2 Å². The molecule has 0 fully saturated rings. The van der Waals surface area contributed by atoms with E-state index in [0.717, 1.165) is 24.0 Å². The predicted octanol–water partition coefficient (Wildman–Crippen LogP) is 5.04. The number of carbonyl (C=O) groups excluding carboxylic acids is 1. The average Bonchev–Trinajstić information content (AvgIpc) is 2.74. The maximum atomic E-state index is 13.3. The van der Waals surface area contributed by atoms with Crippen LogP contribution in [0, 0.1) is 6.92 Å². The Labute approximate surface area is 181 Å². The lowest BCUT2D eigenvalue weighted by Crippen LogP contribution is -2.35. The molecule has 30 heavy (non-hydrogen) atoms. The zero-order chi connectivity index (χ0) is 21.3. The third-order valence-electron chi connectivity index (χ3n) is 5.13. The Kier molecular flexibility index (Phi) is 5.54. The molecule has 7 heteroatoms. The number of hydrogen-bond donors (Lipinski definition) is 1. The monoisotopic (exact) mass is 440 g/mol. The number of nitrogens with one attached hydrogen (secondary N) is 1. The number of nitrogens with zero attached hydrogens (tertiary/aromatic N) is 1. The van der Waals surface area contributed by atoms with E-state index in [9.17, 15) is 13.2 Å². The van der Waals surface area contributed by atoms with E-state index in [2.05, 4.69) is 5.32 Å². The zero-order valence-electron chi connectivity index (χ0n) is 16.4. The summed E-state index contributed by atoms with van der Waals surface area (Å²) in [7, 11) is -3.69. The topological polar surface area (TPSA) is 66.5 Å². The van der Waals surface area contributed by atoms with E-state index in [-0.39, 0.29) is 10.8 Å². The molecule has 0 aromatic heterocycles. The van der Waals surface area contributed by atoms with Gasteiger partial charge in [-0.05, 0) is 73.9 Å². The normalized spacial score (nSPS) is 13.6. The van der Waals surface area contributed by atoms with Gasteiger partial charge >= 0.3 is 0 Å². The number of amides is 1. The molecule has 0 spiro atoms. The maximum Gasteiger partial charge on any atom is 0.264 e. The first kappa shape index (κ1) is 20.4. The number of carbonyl (C=O) groups is 1. The Balaban J connectivity index is 1.65. The molecule has 0 saturated carbocycles. The van der Waals surface area contributed by atoms with Crippen molar-refractivity contribution in [3.63, 3.8) is 0 Å². The van der Waals surface area contributed by atoms with Crippen LogP contribution in [-0.2, 0) is 16.4 Å². The number of aryl methyl sites for hydroxylation is 2. The van der Waals surface area contributed by atoms with Crippen LogP contribution < -0.4 is 9.62 Å². The van der Waals surface area contributed by atoms with Gasteiger partial charge in [-0.25, -0.2) is 8.42 Å². The summed E-state index contributed by atoms with van der Waals surface area (Å²) in [5.74, 6) is -0.282. The van der Waals surface area contributed by atoms with Crippen molar-refractivity contribution in [2.24, 2.45) is 0 Å². The van der Waals surface area contributed by atoms with E-state index >= 15 is 0 Å². The highest BCUT2D eigenvalue weighted by molar-refractivity contribution is 7.92. The number of hydrogen-bond acceptors (Lipinski definition) is 3. The fraction of sp³-hybridized carbons (Fsp3) is 0.174. The molecule has 3 aromatic carbocycles. The average molecular weight is 441 g/mol. The molecule has 1 N–H and O–H groups in total. The highest BCUT2D eigenvalue weighted by Gasteiger charge is 2.29. The molecule has 0 atom stereocenters. The smallest absolute Gasteiger partial charge is 0.264 e. The van der Waals surface area contributed by atoms with Crippen LogP contribution in [-0.4, -0.2) is 20.9 Å². The zero-order valence-corrected chi connectivity index (χ0v) is 18.0. The molecular weight excluding hydrogens is 420 g/mol. The van der Waals surface area contributed by atoms with Crippen molar-refractivity contribution < 1.29 is 13.2 Å². The molecule has 3 aromatic rings. The second kappa shape index (κ2) is 8.13. The van der Waals surface area contributed by atoms with E-state index in [1.807, 2.05) is 13.0 Å². The minimum absolute atomic E-state index is 0.261. The van der Waals surface area contributed by atoms with Crippen molar-refractivity contribution in [1.29, 1.82) is 0 Å². The Morgan fingerprint density at radius 3 is 2.40 bits per heavy atom. The Hall–Kier alpha value is -2.83. The highest BCUT2D eigenvalue weighted by Crippen LogP contribution is 2.34. The highest BCUT2D eigenvalue weighted by atomic mass is 35.5. The Bertz CT molecular complexity index is 1190. The van der Waals surface area contributed by atoms with Gasteiger partial charge < -0.3 is 5.32 Å². The third-order valence-corrected chi connectivity index (χ3v) is 7.21. The van der Waals surface area contributed by atoms with Crippen molar-refractivity contribution >= 4 is 38.9 Å². The van der Waals surface area contributed by atoms with Crippen LogP contribution in [0.25, 0.3) is 0 Å². The molecule has 0 bridgehead atoms. The Morgan fingerprint density at radius 2 is 1.70 bits per heavy atom. The number of fused-ring (bicyclic) bond motifs is 1. The summed E-state index contributed by atoms with van der Waals surface area (Å²) >= 11 is 5.88. The molecule has 154 valence electrons. The van der Waals surface area contributed by atoms with Crippen LogP contribution in [0.15, 0.2) is 71.6 Å². The molecule has 5 nitrogen and oxygen atoms in total. The summed E-state index contributed by atoms with van der Waals surface area (Å²) in [4.78, 5) is 12.8. The van der Waals surface area contributed by atoms with E-state index in [0.29, 0.717) is 28.5 Å². The van der Waals surface area contributed by atoms with Crippen LogP contribution in [0.5, 0.6) is 0 Å². The first-order chi connectivity index (χ1) is 14.3. The van der Waals surface area contributed by atoms with Crippen LogP contribution in [0.3, 0.4) is 0 Å². The van der Waals surface area contributed by atoms with Gasteiger partial charge in [0.05, 0.1) is 10.6 Å². The van der Waals surface area contributed by atoms with Crippen molar-refractivity contribution in [3.05, 3.63) is 88.4 Å². The summed E-state index contributed by atoms with van der Waals surface area (Å²) < 4.78 is 28.0. The van der Waals surface area contributed by atoms with E-state index in [4.69, 9.17) is 11.6 Å². The molecule has 4 rings (SSSR count). The van der Waals surface area contributed by atoms with Gasteiger partial charge in [0.15, 0.2) is 0 Å². The SMILES string of the molecule is Cc1ccc(S(=O)(=O)N2CCCc3ccc(NC(=O)c4ccc(Cl)cc4)cc32)cc1. The number of sulfonamides is 1. The van der Waals surface area contributed by atoms with Gasteiger partial charge in [0, 0.05) is 22.8 Å². The van der Waals surface area contributed by atoms with Crippen LogP contribution in [0.1, 0.15) is 27.9 Å². The first-order valence-electron chi connectivity index (χ1n) is 9.64. The van der Waals surface area contributed by atoms with E-state index in [1.54, 1.807) is 60.7 Å². The molecule has 0 aliphatic carbocycles. The van der Waals surface area contributed by atoms with Gasteiger partial charge in [-0.1, -0.05) is 35.4 Å². The number of rotatable bonds is 4. The lowest BCUT2D eigenvalue weighted by Gasteiger charge is -2.31. The lowest BCUT2D eigenvalue weighted by molar-refractivity contribution is 0.102. The van der Waals surface area contributed by atoms with Crippen molar-refractivity contribution in [1.82, 2.24) is 0 Å². The number of benzene rings is 3. The maximum absolute atomic E-state index is 13.3. The molecule has 0 saturated heterocycles. The predicted molar refractivity (Wildman–Crippen MR) is 120 cm³/mol. The van der Waals surface area contributed by atoms with Crippen molar-refractivity contribution in [2.45, 2.75) is 24.7 Å². The molecule has 0 radical (unpaired) electrons. The summed E-state index contributed by atoms with van der Waals surface area (Å²) in [6.07, 6.45) is 1.54. The molecule has 1 aliphatic rings. The van der Waals surface area contributed by atoms with Crippen LogP contribution in [0.2, 0.25) is 5.02 Å². The summed E-state index contributed by atoms with van der Waals surface area (Å²) in [5, 5.41) is 3.40. The van der Waals surface area contributed by atoms with Crippen LogP contribution >= 0.6 is 11.6 Å².